The van der Waals surface area contributed by atoms with E-state index in [1.807, 2.05) is 30.2 Å². The molecule has 1 aliphatic heterocycles. The average molecular weight is 373 g/mol. The van der Waals surface area contributed by atoms with Crippen LogP contribution in [0, 0.1) is 5.92 Å². The molecule has 0 radical (unpaired) electrons. The Morgan fingerprint density at radius 3 is 2.38 bits per heavy atom. The number of anilines is 1. The fourth-order valence-electron chi connectivity index (χ4n) is 2.91. The summed E-state index contributed by atoms with van der Waals surface area (Å²) >= 11 is 1.37. The third-order valence-corrected chi connectivity index (χ3v) is 5.26. The first kappa shape index (κ1) is 18.3. The van der Waals surface area contributed by atoms with E-state index in [1.165, 1.54) is 11.3 Å². The third-order valence-electron chi connectivity index (χ3n) is 4.39. The van der Waals surface area contributed by atoms with E-state index in [9.17, 15) is 9.59 Å². The van der Waals surface area contributed by atoms with Crippen molar-refractivity contribution in [2.75, 3.05) is 31.1 Å². The lowest BCUT2D eigenvalue weighted by atomic mass is 10.0. The molecule has 1 aliphatic rings. The summed E-state index contributed by atoms with van der Waals surface area (Å²) in [5, 5.41) is 4.75. The molecule has 3 rings (SSSR count). The summed E-state index contributed by atoms with van der Waals surface area (Å²) in [6, 6.07) is 4.85. The molecule has 1 atom stereocenters. The smallest absolute Gasteiger partial charge is 0.262 e. The fourth-order valence-corrected chi connectivity index (χ4v) is 3.54. The zero-order valence-electron chi connectivity index (χ0n) is 15.0. The van der Waals surface area contributed by atoms with Gasteiger partial charge in [-0.05, 0) is 23.4 Å². The highest BCUT2D eigenvalue weighted by atomic mass is 32.1. The van der Waals surface area contributed by atoms with Crippen LogP contribution in [0.3, 0.4) is 0 Å². The van der Waals surface area contributed by atoms with Gasteiger partial charge in [-0.3, -0.25) is 9.59 Å². The molecule has 8 heteroatoms. The largest absolute Gasteiger partial charge is 0.339 e. The molecule has 0 bridgehead atoms. The van der Waals surface area contributed by atoms with E-state index < -0.39 is 6.04 Å². The molecule has 138 valence electrons. The van der Waals surface area contributed by atoms with Crippen molar-refractivity contribution in [2.24, 2.45) is 5.92 Å². The van der Waals surface area contributed by atoms with Crippen molar-refractivity contribution in [2.45, 2.75) is 19.9 Å². The van der Waals surface area contributed by atoms with Crippen molar-refractivity contribution in [1.29, 1.82) is 0 Å². The Morgan fingerprint density at radius 2 is 1.81 bits per heavy atom. The molecule has 0 spiro atoms. The number of rotatable bonds is 5. The highest BCUT2D eigenvalue weighted by molar-refractivity contribution is 7.12. The molecule has 1 unspecified atom stereocenters. The van der Waals surface area contributed by atoms with Crippen LogP contribution in [0.2, 0.25) is 0 Å². The molecular formula is C18H23N5O2S. The first-order valence-electron chi connectivity index (χ1n) is 8.71. The summed E-state index contributed by atoms with van der Waals surface area (Å²) < 4.78 is 0. The van der Waals surface area contributed by atoms with E-state index in [2.05, 4.69) is 20.2 Å². The molecule has 0 aliphatic carbocycles. The summed E-state index contributed by atoms with van der Waals surface area (Å²) in [5.41, 5.74) is 0. The van der Waals surface area contributed by atoms with E-state index in [0.717, 1.165) is 0 Å². The van der Waals surface area contributed by atoms with E-state index >= 15 is 0 Å². The number of amides is 2. The van der Waals surface area contributed by atoms with Crippen LogP contribution in [0.4, 0.5) is 5.95 Å². The molecule has 1 fully saturated rings. The predicted molar refractivity (Wildman–Crippen MR) is 101 cm³/mol. The number of carbonyl (C=O) groups is 2. The summed E-state index contributed by atoms with van der Waals surface area (Å²) in [5.74, 6) is 0.481. The molecule has 1 saturated heterocycles. The minimum absolute atomic E-state index is 0.0156. The number of hydrogen-bond acceptors (Lipinski definition) is 6. The van der Waals surface area contributed by atoms with Crippen LogP contribution in [-0.4, -0.2) is 58.9 Å². The van der Waals surface area contributed by atoms with Crippen LogP contribution in [0.1, 0.15) is 23.5 Å². The van der Waals surface area contributed by atoms with Gasteiger partial charge in [0.1, 0.15) is 6.04 Å². The Balaban J connectivity index is 1.60. The fraction of sp³-hybridized carbons (Fsp3) is 0.444. The quantitative estimate of drug-likeness (QED) is 0.862. The average Bonchev–Trinajstić information content (AvgIpc) is 3.21. The number of hydrogen-bond donors (Lipinski definition) is 1. The molecule has 0 aromatic carbocycles. The van der Waals surface area contributed by atoms with Crippen LogP contribution in [0.5, 0.6) is 0 Å². The minimum atomic E-state index is -0.524. The predicted octanol–water partition coefficient (Wildman–Crippen LogP) is 1.64. The van der Waals surface area contributed by atoms with Crippen LogP contribution in [0.15, 0.2) is 36.0 Å². The third kappa shape index (κ3) is 4.19. The van der Waals surface area contributed by atoms with Gasteiger partial charge in [0.15, 0.2) is 0 Å². The topological polar surface area (TPSA) is 78.4 Å². The Labute approximate surface area is 157 Å². The molecule has 2 aromatic rings. The molecule has 3 heterocycles. The van der Waals surface area contributed by atoms with Crippen molar-refractivity contribution in [3.8, 4) is 0 Å². The Kier molecular flexibility index (Phi) is 5.82. The van der Waals surface area contributed by atoms with Crippen LogP contribution in [-0.2, 0) is 4.79 Å². The number of carbonyl (C=O) groups excluding carboxylic acids is 2. The lowest BCUT2D eigenvalue weighted by molar-refractivity contribution is -0.134. The van der Waals surface area contributed by atoms with Crippen LogP contribution >= 0.6 is 11.3 Å². The minimum Gasteiger partial charge on any atom is -0.339 e. The van der Waals surface area contributed by atoms with Gasteiger partial charge in [0.25, 0.3) is 5.91 Å². The van der Waals surface area contributed by atoms with Crippen LogP contribution < -0.4 is 10.2 Å². The normalized spacial score (nSPS) is 15.8. The van der Waals surface area contributed by atoms with Gasteiger partial charge in [0.05, 0.1) is 4.88 Å². The first-order valence-corrected chi connectivity index (χ1v) is 9.59. The molecule has 1 N–H and O–H groups in total. The summed E-state index contributed by atoms with van der Waals surface area (Å²) in [6.45, 7) is 6.44. The number of piperazine rings is 1. The lowest BCUT2D eigenvalue weighted by Gasteiger charge is -2.37. The second-order valence-corrected chi connectivity index (χ2v) is 7.48. The van der Waals surface area contributed by atoms with Gasteiger partial charge in [-0.2, -0.15) is 0 Å². The zero-order valence-corrected chi connectivity index (χ0v) is 15.8. The highest BCUT2D eigenvalue weighted by Crippen LogP contribution is 2.15. The SMILES string of the molecule is CC(C)C(NC(=O)c1cccs1)C(=O)N1CCN(c2ncccn2)CC1. The van der Waals surface area contributed by atoms with E-state index in [4.69, 9.17) is 0 Å². The lowest BCUT2D eigenvalue weighted by Crippen LogP contribution is -2.56. The van der Waals surface area contributed by atoms with E-state index in [0.29, 0.717) is 37.0 Å². The van der Waals surface area contributed by atoms with E-state index in [-0.39, 0.29) is 17.7 Å². The number of thiophene rings is 1. The number of aromatic nitrogens is 2. The van der Waals surface area contributed by atoms with E-state index in [1.54, 1.807) is 24.5 Å². The van der Waals surface area contributed by atoms with Gasteiger partial charge in [0.2, 0.25) is 11.9 Å². The molecular weight excluding hydrogens is 350 g/mol. The molecule has 2 amide bonds. The van der Waals surface area contributed by atoms with Crippen molar-refractivity contribution in [3.63, 3.8) is 0 Å². The van der Waals surface area contributed by atoms with Gasteiger partial charge in [0, 0.05) is 38.6 Å². The Morgan fingerprint density at radius 1 is 1.12 bits per heavy atom. The van der Waals surface area contributed by atoms with Gasteiger partial charge in [-0.1, -0.05) is 19.9 Å². The maximum atomic E-state index is 13.0. The first-order chi connectivity index (χ1) is 12.6. The summed E-state index contributed by atoms with van der Waals surface area (Å²) in [7, 11) is 0. The number of nitrogens with zero attached hydrogens (tertiary/aromatic N) is 4. The van der Waals surface area contributed by atoms with Gasteiger partial charge in [-0.25, -0.2) is 9.97 Å². The molecule has 7 nitrogen and oxygen atoms in total. The molecule has 26 heavy (non-hydrogen) atoms. The Bertz CT molecular complexity index is 727. The summed E-state index contributed by atoms with van der Waals surface area (Å²) in [6.07, 6.45) is 3.43. The van der Waals surface area contributed by atoms with Crippen molar-refractivity contribution in [3.05, 3.63) is 40.8 Å². The highest BCUT2D eigenvalue weighted by Gasteiger charge is 2.31. The monoisotopic (exact) mass is 373 g/mol. The standard InChI is InChI=1S/C18H23N5O2S/c1-13(2)15(21-16(24)14-5-3-12-26-14)17(25)22-8-10-23(11-9-22)18-19-6-4-7-20-18/h3-7,12-13,15H,8-11H2,1-2H3,(H,21,24). The maximum absolute atomic E-state index is 13.0. The number of nitrogens with one attached hydrogen (secondary N) is 1. The van der Waals surface area contributed by atoms with Crippen molar-refractivity contribution < 1.29 is 9.59 Å². The molecule has 0 saturated carbocycles. The zero-order chi connectivity index (χ0) is 18.5. The van der Waals surface area contributed by atoms with Gasteiger partial charge < -0.3 is 15.1 Å². The second kappa shape index (κ2) is 8.27. The molecule has 2 aromatic heterocycles. The Hall–Kier alpha value is -2.48. The maximum Gasteiger partial charge on any atom is 0.262 e. The van der Waals surface area contributed by atoms with Crippen LogP contribution in [0.25, 0.3) is 0 Å². The summed E-state index contributed by atoms with van der Waals surface area (Å²) in [4.78, 5) is 38.3. The van der Waals surface area contributed by atoms with Crippen molar-refractivity contribution >= 4 is 29.1 Å². The van der Waals surface area contributed by atoms with Gasteiger partial charge >= 0.3 is 0 Å². The van der Waals surface area contributed by atoms with Crippen molar-refractivity contribution in [1.82, 2.24) is 20.2 Å². The van der Waals surface area contributed by atoms with Gasteiger partial charge in [-0.15, -0.1) is 11.3 Å². The second-order valence-electron chi connectivity index (χ2n) is 6.53.